The summed E-state index contributed by atoms with van der Waals surface area (Å²) in [5, 5.41) is 8.97. The van der Waals surface area contributed by atoms with Crippen LogP contribution in [0, 0.1) is 12.8 Å². The number of carbonyl (C=O) groups excluding carboxylic acids is 1. The van der Waals surface area contributed by atoms with Gasteiger partial charge < -0.3 is 10.8 Å². The van der Waals surface area contributed by atoms with Crippen LogP contribution in [0.25, 0.3) is 0 Å². The number of hydrogen-bond donors (Lipinski definition) is 2. The summed E-state index contributed by atoms with van der Waals surface area (Å²) < 4.78 is 0. The minimum Gasteiger partial charge on any atom is -0.481 e. The van der Waals surface area contributed by atoms with Crippen LogP contribution in [0.15, 0.2) is 18.2 Å². The maximum Gasteiger partial charge on any atom is 0.307 e. The maximum absolute atomic E-state index is 11.1. The zero-order valence-electron chi connectivity index (χ0n) is 10.9. The molecule has 5 heteroatoms. The minimum absolute atomic E-state index is 0.259. The van der Waals surface area contributed by atoms with Crippen molar-refractivity contribution in [3.8, 4) is 0 Å². The Hall–Kier alpha value is -1.88. The average Bonchev–Trinajstić information content (AvgIpc) is 2.80. The normalized spacial score (nSPS) is 19.5. The van der Waals surface area contributed by atoms with Gasteiger partial charge in [-0.15, -0.1) is 0 Å². The summed E-state index contributed by atoms with van der Waals surface area (Å²) >= 11 is 0. The highest BCUT2D eigenvalue weighted by atomic mass is 16.4. The smallest absolute Gasteiger partial charge is 0.307 e. The Labute approximate surface area is 112 Å². The number of nitrogens with zero attached hydrogens (tertiary/aromatic N) is 1. The van der Waals surface area contributed by atoms with Crippen molar-refractivity contribution in [3.05, 3.63) is 34.9 Å². The van der Waals surface area contributed by atoms with E-state index < -0.39 is 11.9 Å². The molecule has 0 aromatic heterocycles. The van der Waals surface area contributed by atoms with Crippen LogP contribution in [-0.4, -0.2) is 35.0 Å². The zero-order chi connectivity index (χ0) is 14.0. The van der Waals surface area contributed by atoms with Crippen molar-refractivity contribution in [1.29, 1.82) is 0 Å². The third-order valence-electron chi connectivity index (χ3n) is 3.64. The van der Waals surface area contributed by atoms with Crippen LogP contribution in [0.4, 0.5) is 0 Å². The summed E-state index contributed by atoms with van der Waals surface area (Å²) in [6.45, 7) is 4.04. The Balaban J connectivity index is 2.04. The van der Waals surface area contributed by atoms with Gasteiger partial charge in [-0.1, -0.05) is 6.07 Å². The van der Waals surface area contributed by atoms with E-state index in [0.29, 0.717) is 25.1 Å². The average molecular weight is 262 g/mol. The van der Waals surface area contributed by atoms with Crippen molar-refractivity contribution in [2.45, 2.75) is 19.9 Å². The monoisotopic (exact) mass is 262 g/mol. The second kappa shape index (κ2) is 5.40. The van der Waals surface area contributed by atoms with E-state index in [9.17, 15) is 9.59 Å². The Morgan fingerprint density at radius 1 is 1.47 bits per heavy atom. The fraction of sp³-hybridized carbons (Fsp3) is 0.429. The minimum atomic E-state index is -0.719. The van der Waals surface area contributed by atoms with Gasteiger partial charge in [0.25, 0.3) is 0 Å². The molecule has 5 nitrogen and oxygen atoms in total. The number of aryl methyl sites for hydroxylation is 1. The Bertz CT molecular complexity index is 513. The van der Waals surface area contributed by atoms with Crippen molar-refractivity contribution in [2.24, 2.45) is 11.7 Å². The van der Waals surface area contributed by atoms with Crippen LogP contribution < -0.4 is 5.73 Å². The van der Waals surface area contributed by atoms with Gasteiger partial charge in [0.2, 0.25) is 5.91 Å². The van der Waals surface area contributed by atoms with Gasteiger partial charge in [-0.2, -0.15) is 0 Å². The molecule has 1 heterocycles. The van der Waals surface area contributed by atoms with Crippen molar-refractivity contribution in [3.63, 3.8) is 0 Å². The van der Waals surface area contributed by atoms with Gasteiger partial charge in [0, 0.05) is 18.7 Å². The van der Waals surface area contributed by atoms with E-state index in [-0.39, 0.29) is 5.92 Å². The quantitative estimate of drug-likeness (QED) is 0.848. The molecule has 1 atom stereocenters. The van der Waals surface area contributed by atoms with E-state index in [0.717, 1.165) is 17.7 Å². The van der Waals surface area contributed by atoms with Crippen LogP contribution >= 0.6 is 0 Å². The molecular formula is C14H18N2O3. The highest BCUT2D eigenvalue weighted by Crippen LogP contribution is 2.20. The second-order valence-corrected chi connectivity index (χ2v) is 5.06. The van der Waals surface area contributed by atoms with E-state index in [1.807, 2.05) is 13.0 Å². The zero-order valence-corrected chi connectivity index (χ0v) is 10.9. The molecule has 19 heavy (non-hydrogen) atoms. The van der Waals surface area contributed by atoms with E-state index in [1.165, 1.54) is 0 Å². The molecule has 1 aliphatic rings. The van der Waals surface area contributed by atoms with Gasteiger partial charge in [-0.3, -0.25) is 14.5 Å². The summed E-state index contributed by atoms with van der Waals surface area (Å²) in [6, 6.07) is 5.39. The van der Waals surface area contributed by atoms with Gasteiger partial charge in [0.15, 0.2) is 0 Å². The molecule has 0 radical (unpaired) electrons. The largest absolute Gasteiger partial charge is 0.481 e. The van der Waals surface area contributed by atoms with E-state index in [2.05, 4.69) is 4.90 Å². The van der Waals surface area contributed by atoms with Gasteiger partial charge in [-0.25, -0.2) is 0 Å². The standard InChI is InChI=1S/C14H18N2O3/c1-9-6-10(13(15)17)2-3-11(9)7-16-5-4-12(8-16)14(18)19/h2-3,6,12H,4-5,7-8H2,1H3,(H2,15,17)(H,18,19). The third-order valence-corrected chi connectivity index (χ3v) is 3.64. The van der Waals surface area contributed by atoms with Crippen LogP contribution in [0.5, 0.6) is 0 Å². The predicted octanol–water partition coefficient (Wildman–Crippen LogP) is 1.00. The summed E-state index contributed by atoms with van der Waals surface area (Å²) in [4.78, 5) is 24.1. The van der Waals surface area contributed by atoms with E-state index in [1.54, 1.807) is 12.1 Å². The summed E-state index contributed by atoms with van der Waals surface area (Å²) in [5.41, 5.74) is 7.86. The number of carboxylic acids is 1. The fourth-order valence-corrected chi connectivity index (χ4v) is 2.45. The molecule has 2 rings (SSSR count). The first-order chi connectivity index (χ1) is 8.97. The van der Waals surface area contributed by atoms with Crippen molar-refractivity contribution in [1.82, 2.24) is 4.90 Å². The molecule has 0 bridgehead atoms. The number of carboxylic acid groups (broad SMARTS) is 1. The van der Waals surface area contributed by atoms with Crippen LogP contribution in [0.3, 0.4) is 0 Å². The number of primary amides is 1. The molecule has 1 fully saturated rings. The highest BCUT2D eigenvalue weighted by molar-refractivity contribution is 5.93. The first kappa shape index (κ1) is 13.5. The number of amides is 1. The molecule has 0 spiro atoms. The molecule has 0 saturated carbocycles. The second-order valence-electron chi connectivity index (χ2n) is 5.06. The molecule has 102 valence electrons. The third kappa shape index (κ3) is 3.12. The molecule has 1 aromatic carbocycles. The van der Waals surface area contributed by atoms with Gasteiger partial charge in [0.1, 0.15) is 0 Å². The number of aliphatic carboxylic acids is 1. The number of nitrogens with two attached hydrogens (primary N) is 1. The lowest BCUT2D eigenvalue weighted by molar-refractivity contribution is -0.141. The SMILES string of the molecule is Cc1cc(C(N)=O)ccc1CN1CCC(C(=O)O)C1. The summed E-state index contributed by atoms with van der Waals surface area (Å²) in [7, 11) is 0. The number of benzene rings is 1. The number of rotatable bonds is 4. The molecule has 1 saturated heterocycles. The van der Waals surface area contributed by atoms with Gasteiger partial charge in [0.05, 0.1) is 5.92 Å². The fourth-order valence-electron chi connectivity index (χ4n) is 2.45. The lowest BCUT2D eigenvalue weighted by atomic mass is 10.0. The van der Waals surface area contributed by atoms with Crippen LogP contribution in [0.2, 0.25) is 0 Å². The van der Waals surface area contributed by atoms with Gasteiger partial charge >= 0.3 is 5.97 Å². The molecule has 1 aliphatic heterocycles. The Morgan fingerprint density at radius 3 is 2.74 bits per heavy atom. The molecule has 3 N–H and O–H groups in total. The van der Waals surface area contributed by atoms with Crippen molar-refractivity contribution < 1.29 is 14.7 Å². The first-order valence-corrected chi connectivity index (χ1v) is 6.32. The predicted molar refractivity (Wildman–Crippen MR) is 70.7 cm³/mol. The lowest BCUT2D eigenvalue weighted by Gasteiger charge is -2.17. The Kier molecular flexibility index (Phi) is 3.85. The van der Waals surface area contributed by atoms with Crippen LogP contribution in [0.1, 0.15) is 27.9 Å². The van der Waals surface area contributed by atoms with Crippen molar-refractivity contribution >= 4 is 11.9 Å². The molecule has 1 unspecified atom stereocenters. The number of carbonyl (C=O) groups is 2. The van der Waals surface area contributed by atoms with E-state index in [4.69, 9.17) is 10.8 Å². The van der Waals surface area contributed by atoms with Crippen molar-refractivity contribution in [2.75, 3.05) is 13.1 Å². The topological polar surface area (TPSA) is 83.6 Å². The number of likely N-dealkylation sites (tertiary alicyclic amines) is 1. The summed E-state index contributed by atoms with van der Waals surface area (Å²) in [5.74, 6) is -1.41. The maximum atomic E-state index is 11.1. The first-order valence-electron chi connectivity index (χ1n) is 6.32. The Morgan fingerprint density at radius 2 is 2.21 bits per heavy atom. The molecule has 1 amide bonds. The highest BCUT2D eigenvalue weighted by Gasteiger charge is 2.27. The van der Waals surface area contributed by atoms with Crippen LogP contribution in [-0.2, 0) is 11.3 Å². The summed E-state index contributed by atoms with van der Waals surface area (Å²) in [6.07, 6.45) is 0.702. The number of hydrogen-bond acceptors (Lipinski definition) is 3. The molecule has 0 aliphatic carbocycles. The molecule has 1 aromatic rings. The molecular weight excluding hydrogens is 244 g/mol. The van der Waals surface area contributed by atoms with E-state index >= 15 is 0 Å². The van der Waals surface area contributed by atoms with Gasteiger partial charge in [-0.05, 0) is 43.1 Å². The lowest BCUT2D eigenvalue weighted by Crippen LogP contribution is -2.23.